The second-order valence-electron chi connectivity index (χ2n) is 1.96. The molecule has 3 heteroatoms. The maximum atomic E-state index is 10.1. The van der Waals surface area contributed by atoms with Gasteiger partial charge in [0.15, 0.2) is 0 Å². The van der Waals surface area contributed by atoms with Gasteiger partial charge < -0.3 is 5.11 Å². The molecule has 0 rings (SSSR count). The average molecular weight is 149 g/mol. The van der Waals surface area contributed by atoms with Crippen LogP contribution in [0.25, 0.3) is 0 Å². The van der Waals surface area contributed by atoms with Gasteiger partial charge in [-0.1, -0.05) is 25.1 Å². The Kier molecular flexibility index (Phi) is 3.32. The lowest BCUT2D eigenvalue weighted by atomic mass is 10.1. The quantitative estimate of drug-likeness (QED) is 0.663. The fourth-order valence-electron chi connectivity index (χ4n) is 0.420. The molecule has 0 spiro atoms. The van der Waals surface area contributed by atoms with Crippen LogP contribution < -0.4 is 0 Å². The third kappa shape index (κ3) is 4.03. The molecule has 0 heterocycles. The largest absolute Gasteiger partial charge is 0.481 e. The lowest BCUT2D eigenvalue weighted by Crippen LogP contribution is -2.08. The van der Waals surface area contributed by atoms with Gasteiger partial charge in [0.05, 0.1) is 5.92 Å². The molecular formula is C6H9ClO2. The van der Waals surface area contributed by atoms with Gasteiger partial charge in [0.2, 0.25) is 0 Å². The van der Waals surface area contributed by atoms with Crippen LogP contribution >= 0.6 is 11.6 Å². The Bertz CT molecular complexity index is 131. The number of hydrogen-bond donors (Lipinski definition) is 1. The van der Waals surface area contributed by atoms with E-state index in [1.165, 1.54) is 0 Å². The van der Waals surface area contributed by atoms with E-state index in [1.807, 2.05) is 0 Å². The fraction of sp³-hybridized carbons (Fsp3) is 0.500. The maximum Gasteiger partial charge on any atom is 0.306 e. The van der Waals surface area contributed by atoms with Gasteiger partial charge in [-0.25, -0.2) is 0 Å². The van der Waals surface area contributed by atoms with Crippen LogP contribution in [0.5, 0.6) is 0 Å². The van der Waals surface area contributed by atoms with Crippen LogP contribution in [0, 0.1) is 5.92 Å². The molecule has 0 bridgehead atoms. The van der Waals surface area contributed by atoms with Crippen molar-refractivity contribution in [3.8, 4) is 0 Å². The van der Waals surface area contributed by atoms with Gasteiger partial charge in [0.25, 0.3) is 0 Å². The summed E-state index contributed by atoms with van der Waals surface area (Å²) in [7, 11) is 0. The molecule has 1 atom stereocenters. The second-order valence-corrected chi connectivity index (χ2v) is 2.50. The number of carbonyl (C=O) groups is 1. The molecule has 1 unspecified atom stereocenters. The summed E-state index contributed by atoms with van der Waals surface area (Å²) in [5.74, 6) is -1.26. The Labute approximate surface area is 59.1 Å². The number of allylic oxidation sites excluding steroid dienone is 1. The van der Waals surface area contributed by atoms with E-state index in [4.69, 9.17) is 16.7 Å². The SMILES string of the molecule is C=C(Cl)CC(C)C(=O)O. The molecule has 0 aromatic carbocycles. The Hall–Kier alpha value is -0.500. The van der Waals surface area contributed by atoms with Gasteiger partial charge in [0.1, 0.15) is 0 Å². The predicted molar refractivity (Wildman–Crippen MR) is 36.4 cm³/mol. The van der Waals surface area contributed by atoms with Gasteiger partial charge in [-0.3, -0.25) is 4.79 Å². The van der Waals surface area contributed by atoms with Crippen molar-refractivity contribution in [2.24, 2.45) is 5.92 Å². The number of aliphatic carboxylic acids is 1. The van der Waals surface area contributed by atoms with Crippen molar-refractivity contribution in [3.63, 3.8) is 0 Å². The zero-order valence-corrected chi connectivity index (χ0v) is 5.98. The van der Waals surface area contributed by atoms with E-state index in [1.54, 1.807) is 6.92 Å². The van der Waals surface area contributed by atoms with E-state index in [0.29, 0.717) is 11.5 Å². The van der Waals surface area contributed by atoms with Gasteiger partial charge in [0, 0.05) is 5.03 Å². The number of hydrogen-bond acceptors (Lipinski definition) is 1. The molecule has 0 fully saturated rings. The number of carboxylic acids is 1. The summed E-state index contributed by atoms with van der Waals surface area (Å²) in [5, 5.41) is 8.72. The summed E-state index contributed by atoms with van der Waals surface area (Å²) in [5.41, 5.74) is 0. The van der Waals surface area contributed by atoms with Gasteiger partial charge in [-0.15, -0.1) is 0 Å². The zero-order chi connectivity index (χ0) is 7.44. The summed E-state index contributed by atoms with van der Waals surface area (Å²) in [6.07, 6.45) is 0.344. The molecule has 0 aliphatic heterocycles. The van der Waals surface area contributed by atoms with Crippen LogP contribution in [0.15, 0.2) is 11.6 Å². The van der Waals surface area contributed by atoms with Crippen molar-refractivity contribution in [1.82, 2.24) is 0 Å². The standard InChI is InChI=1S/C6H9ClO2/c1-4(6(8)9)3-5(2)7/h4H,2-3H2,1H3,(H,8,9). The minimum Gasteiger partial charge on any atom is -0.481 e. The van der Waals surface area contributed by atoms with E-state index in [0.717, 1.165) is 0 Å². The first-order chi connectivity index (χ1) is 4.04. The molecule has 9 heavy (non-hydrogen) atoms. The molecular weight excluding hydrogens is 140 g/mol. The summed E-state index contributed by atoms with van der Waals surface area (Å²) in [6, 6.07) is 0. The molecule has 0 aromatic rings. The average Bonchev–Trinajstić information content (AvgIpc) is 1.63. The van der Waals surface area contributed by atoms with Crippen LogP contribution in [-0.4, -0.2) is 11.1 Å². The molecule has 0 radical (unpaired) electrons. The lowest BCUT2D eigenvalue weighted by molar-refractivity contribution is -0.141. The molecule has 0 aromatic heterocycles. The van der Waals surface area contributed by atoms with Gasteiger partial charge >= 0.3 is 5.97 Å². The van der Waals surface area contributed by atoms with Crippen molar-refractivity contribution < 1.29 is 9.90 Å². The first-order valence-electron chi connectivity index (χ1n) is 2.60. The van der Waals surface area contributed by atoms with E-state index >= 15 is 0 Å². The third-order valence-electron chi connectivity index (χ3n) is 0.949. The molecule has 0 saturated heterocycles. The van der Waals surface area contributed by atoms with Crippen LogP contribution in [-0.2, 0) is 4.79 Å². The van der Waals surface area contributed by atoms with E-state index in [-0.39, 0.29) is 0 Å². The highest BCUT2D eigenvalue weighted by atomic mass is 35.5. The monoisotopic (exact) mass is 148 g/mol. The van der Waals surface area contributed by atoms with Crippen LogP contribution in [0.2, 0.25) is 0 Å². The van der Waals surface area contributed by atoms with Gasteiger partial charge in [-0.2, -0.15) is 0 Å². The molecule has 2 nitrogen and oxygen atoms in total. The van der Waals surface area contributed by atoms with Crippen molar-refractivity contribution in [2.75, 3.05) is 0 Å². The smallest absolute Gasteiger partial charge is 0.306 e. The van der Waals surface area contributed by atoms with E-state index in [9.17, 15) is 4.79 Å². The Morgan fingerprint density at radius 2 is 2.33 bits per heavy atom. The summed E-state index contributed by atoms with van der Waals surface area (Å²) in [6.45, 7) is 4.97. The Balaban J connectivity index is 3.63. The first kappa shape index (κ1) is 8.50. The van der Waals surface area contributed by atoms with Crippen molar-refractivity contribution in [2.45, 2.75) is 13.3 Å². The summed E-state index contributed by atoms with van der Waals surface area (Å²) < 4.78 is 0. The molecule has 0 aliphatic rings. The molecule has 0 amide bonds. The van der Waals surface area contributed by atoms with Crippen LogP contribution in [0.4, 0.5) is 0 Å². The summed E-state index contributed by atoms with van der Waals surface area (Å²) >= 11 is 5.36. The molecule has 1 N–H and O–H groups in total. The topological polar surface area (TPSA) is 37.3 Å². The van der Waals surface area contributed by atoms with Crippen molar-refractivity contribution >= 4 is 17.6 Å². The normalized spacial score (nSPS) is 12.7. The number of carboxylic acid groups (broad SMARTS) is 1. The third-order valence-corrected chi connectivity index (χ3v) is 1.10. The molecule has 0 saturated carbocycles. The first-order valence-corrected chi connectivity index (χ1v) is 2.98. The fourth-order valence-corrected chi connectivity index (χ4v) is 0.651. The second kappa shape index (κ2) is 3.51. The minimum atomic E-state index is -0.836. The highest BCUT2D eigenvalue weighted by Gasteiger charge is 2.10. The van der Waals surface area contributed by atoms with E-state index < -0.39 is 11.9 Å². The Morgan fingerprint density at radius 3 is 2.44 bits per heavy atom. The lowest BCUT2D eigenvalue weighted by Gasteiger charge is -2.01. The van der Waals surface area contributed by atoms with Gasteiger partial charge in [-0.05, 0) is 6.42 Å². The Morgan fingerprint density at radius 1 is 1.89 bits per heavy atom. The minimum absolute atomic E-state index is 0.344. The highest BCUT2D eigenvalue weighted by molar-refractivity contribution is 6.29. The molecule has 0 aliphatic carbocycles. The number of halogens is 1. The van der Waals surface area contributed by atoms with E-state index in [2.05, 4.69) is 6.58 Å². The predicted octanol–water partition coefficient (Wildman–Crippen LogP) is 1.85. The summed E-state index contributed by atoms with van der Waals surface area (Å²) in [4.78, 5) is 10.1. The van der Waals surface area contributed by atoms with Crippen molar-refractivity contribution in [3.05, 3.63) is 11.6 Å². The van der Waals surface area contributed by atoms with Crippen LogP contribution in [0.1, 0.15) is 13.3 Å². The van der Waals surface area contributed by atoms with Crippen molar-refractivity contribution in [1.29, 1.82) is 0 Å². The highest BCUT2D eigenvalue weighted by Crippen LogP contribution is 2.12. The maximum absolute atomic E-state index is 10.1. The van der Waals surface area contributed by atoms with Crippen LogP contribution in [0.3, 0.4) is 0 Å². The molecule has 52 valence electrons. The zero-order valence-electron chi connectivity index (χ0n) is 5.22. The number of rotatable bonds is 3.